The second-order valence-corrected chi connectivity index (χ2v) is 7.68. The molecule has 1 saturated carbocycles. The highest BCUT2D eigenvalue weighted by Gasteiger charge is 2.25. The molecule has 1 fully saturated rings. The normalized spacial score (nSPS) is 18.6. The highest BCUT2D eigenvalue weighted by molar-refractivity contribution is 6.30. The number of pyridine rings is 1. The molecule has 0 saturated heterocycles. The van der Waals surface area contributed by atoms with Gasteiger partial charge in [0.1, 0.15) is 17.5 Å². The largest absolute Gasteiger partial charge is 0.496 e. The lowest BCUT2D eigenvalue weighted by Gasteiger charge is -2.29. The maximum absolute atomic E-state index is 12.6. The third-order valence-electron chi connectivity index (χ3n) is 5.20. The number of hydrogen-bond donors (Lipinski definition) is 2. The van der Waals surface area contributed by atoms with Gasteiger partial charge in [-0.25, -0.2) is 4.98 Å². The molecule has 8 heteroatoms. The van der Waals surface area contributed by atoms with Gasteiger partial charge >= 0.3 is 0 Å². The van der Waals surface area contributed by atoms with E-state index in [4.69, 9.17) is 21.1 Å². The van der Waals surface area contributed by atoms with Gasteiger partial charge in [-0.3, -0.25) is 9.89 Å². The van der Waals surface area contributed by atoms with Crippen LogP contribution in [0.15, 0.2) is 48.7 Å². The van der Waals surface area contributed by atoms with Crippen molar-refractivity contribution >= 4 is 17.5 Å². The first-order valence-electron chi connectivity index (χ1n) is 9.90. The van der Waals surface area contributed by atoms with Crippen molar-refractivity contribution < 1.29 is 14.3 Å². The first-order valence-corrected chi connectivity index (χ1v) is 10.3. The zero-order valence-electron chi connectivity index (χ0n) is 16.6. The molecule has 30 heavy (non-hydrogen) atoms. The van der Waals surface area contributed by atoms with Crippen molar-refractivity contribution in [3.63, 3.8) is 0 Å². The van der Waals surface area contributed by atoms with Gasteiger partial charge in [0.15, 0.2) is 0 Å². The average molecular weight is 427 g/mol. The van der Waals surface area contributed by atoms with E-state index >= 15 is 0 Å². The molecule has 2 aromatic heterocycles. The van der Waals surface area contributed by atoms with Gasteiger partial charge in [-0.15, -0.1) is 0 Å². The molecular formula is C22H23ClN4O3. The number of carbonyl (C=O) groups excluding carboxylic acids is 1. The standard InChI is InChI=1S/C22H23ClN4O3/c1-29-20-5-3-2-4-17(20)18-12-19(27-26-18)22(28)25-15-7-9-16(10-8-15)30-21-11-6-14(23)13-24-21/h2-6,11-13,15-16H,7-10H2,1H3,(H,25,28)(H,26,27). The van der Waals surface area contributed by atoms with E-state index in [0.717, 1.165) is 31.2 Å². The number of nitrogens with zero attached hydrogens (tertiary/aromatic N) is 2. The van der Waals surface area contributed by atoms with E-state index in [1.807, 2.05) is 24.3 Å². The van der Waals surface area contributed by atoms with E-state index in [-0.39, 0.29) is 18.1 Å². The van der Waals surface area contributed by atoms with Gasteiger partial charge in [-0.1, -0.05) is 23.7 Å². The summed E-state index contributed by atoms with van der Waals surface area (Å²) in [5.74, 6) is 1.13. The molecule has 1 amide bonds. The van der Waals surface area contributed by atoms with Crippen molar-refractivity contribution in [1.29, 1.82) is 0 Å². The average Bonchev–Trinajstić information content (AvgIpc) is 3.27. The molecule has 0 atom stereocenters. The van der Waals surface area contributed by atoms with Crippen molar-refractivity contribution in [3.8, 4) is 22.9 Å². The van der Waals surface area contributed by atoms with Gasteiger partial charge in [-0.05, 0) is 49.9 Å². The third kappa shape index (κ3) is 4.74. The van der Waals surface area contributed by atoms with Gasteiger partial charge in [0.05, 0.1) is 17.8 Å². The Morgan fingerprint density at radius 2 is 1.97 bits per heavy atom. The molecule has 1 aliphatic carbocycles. The number of aromatic nitrogens is 3. The molecule has 0 aliphatic heterocycles. The van der Waals surface area contributed by atoms with Crippen LogP contribution in [-0.4, -0.2) is 40.3 Å². The number of methoxy groups -OCH3 is 1. The number of nitrogens with one attached hydrogen (secondary N) is 2. The van der Waals surface area contributed by atoms with Crippen LogP contribution in [0.3, 0.4) is 0 Å². The zero-order chi connectivity index (χ0) is 20.9. The van der Waals surface area contributed by atoms with Crippen LogP contribution < -0.4 is 14.8 Å². The summed E-state index contributed by atoms with van der Waals surface area (Å²) in [6.45, 7) is 0. The molecule has 2 N–H and O–H groups in total. The number of aromatic amines is 1. The molecule has 2 heterocycles. The van der Waals surface area contributed by atoms with Crippen LogP contribution in [0.25, 0.3) is 11.3 Å². The lowest BCUT2D eigenvalue weighted by Crippen LogP contribution is -2.39. The zero-order valence-corrected chi connectivity index (χ0v) is 17.4. The Morgan fingerprint density at radius 3 is 2.70 bits per heavy atom. The molecule has 3 aromatic rings. The third-order valence-corrected chi connectivity index (χ3v) is 5.43. The van der Waals surface area contributed by atoms with Crippen molar-refractivity contribution in [3.05, 3.63) is 59.4 Å². The van der Waals surface area contributed by atoms with Gasteiger partial charge in [-0.2, -0.15) is 5.10 Å². The number of rotatable bonds is 6. The SMILES string of the molecule is COc1ccccc1-c1cc(C(=O)NC2CCC(Oc3ccc(Cl)cn3)CC2)[nH]n1. The number of halogens is 1. The molecule has 7 nitrogen and oxygen atoms in total. The Balaban J connectivity index is 1.31. The summed E-state index contributed by atoms with van der Waals surface area (Å²) in [6.07, 6.45) is 5.06. The maximum atomic E-state index is 12.6. The molecule has 1 aliphatic rings. The van der Waals surface area contributed by atoms with Crippen LogP contribution in [-0.2, 0) is 0 Å². The summed E-state index contributed by atoms with van der Waals surface area (Å²) in [5.41, 5.74) is 1.94. The fourth-order valence-electron chi connectivity index (χ4n) is 3.62. The number of carbonyl (C=O) groups is 1. The van der Waals surface area contributed by atoms with Crippen molar-refractivity contribution in [2.75, 3.05) is 7.11 Å². The number of amides is 1. The summed E-state index contributed by atoms with van der Waals surface area (Å²) in [4.78, 5) is 16.8. The summed E-state index contributed by atoms with van der Waals surface area (Å²) in [7, 11) is 1.61. The van der Waals surface area contributed by atoms with E-state index in [1.165, 1.54) is 0 Å². The second kappa shape index (κ2) is 9.17. The van der Waals surface area contributed by atoms with E-state index in [0.29, 0.717) is 28.0 Å². The minimum Gasteiger partial charge on any atom is -0.496 e. The molecule has 0 radical (unpaired) electrons. The van der Waals surface area contributed by atoms with E-state index in [9.17, 15) is 4.79 Å². The van der Waals surface area contributed by atoms with Crippen LogP contribution in [0.4, 0.5) is 0 Å². The predicted molar refractivity (Wildman–Crippen MR) is 114 cm³/mol. The van der Waals surface area contributed by atoms with Crippen molar-refractivity contribution in [2.45, 2.75) is 37.8 Å². The Hall–Kier alpha value is -3.06. The highest BCUT2D eigenvalue weighted by atomic mass is 35.5. The van der Waals surface area contributed by atoms with Gasteiger partial charge in [0.25, 0.3) is 5.91 Å². The minimum absolute atomic E-state index is 0.0936. The van der Waals surface area contributed by atoms with Crippen LogP contribution in [0.2, 0.25) is 5.02 Å². The van der Waals surface area contributed by atoms with Gasteiger partial charge in [0, 0.05) is 23.9 Å². The monoisotopic (exact) mass is 426 g/mol. The van der Waals surface area contributed by atoms with Crippen LogP contribution in [0, 0.1) is 0 Å². The Bertz CT molecular complexity index is 998. The van der Waals surface area contributed by atoms with Crippen LogP contribution >= 0.6 is 11.6 Å². The first kappa shape index (κ1) is 20.2. The van der Waals surface area contributed by atoms with Crippen LogP contribution in [0.1, 0.15) is 36.2 Å². The predicted octanol–water partition coefficient (Wildman–Crippen LogP) is 4.25. The summed E-state index contributed by atoms with van der Waals surface area (Å²) < 4.78 is 11.3. The smallest absolute Gasteiger partial charge is 0.269 e. The number of H-pyrrole nitrogens is 1. The Morgan fingerprint density at radius 1 is 1.17 bits per heavy atom. The van der Waals surface area contributed by atoms with E-state index < -0.39 is 0 Å². The van der Waals surface area contributed by atoms with Crippen molar-refractivity contribution in [2.24, 2.45) is 0 Å². The fraction of sp³-hybridized carbons (Fsp3) is 0.318. The van der Waals surface area contributed by atoms with E-state index in [2.05, 4.69) is 20.5 Å². The lowest BCUT2D eigenvalue weighted by atomic mass is 9.93. The molecule has 1 aromatic carbocycles. The second-order valence-electron chi connectivity index (χ2n) is 7.25. The van der Waals surface area contributed by atoms with Gasteiger partial charge in [0.2, 0.25) is 5.88 Å². The summed E-state index contributed by atoms with van der Waals surface area (Å²) in [5, 5.41) is 10.8. The van der Waals surface area contributed by atoms with E-state index in [1.54, 1.807) is 31.5 Å². The molecular weight excluding hydrogens is 404 g/mol. The maximum Gasteiger partial charge on any atom is 0.269 e. The number of para-hydroxylation sites is 1. The van der Waals surface area contributed by atoms with Crippen LogP contribution in [0.5, 0.6) is 11.6 Å². The quantitative estimate of drug-likeness (QED) is 0.615. The highest BCUT2D eigenvalue weighted by Crippen LogP contribution is 2.28. The minimum atomic E-state index is -0.160. The summed E-state index contributed by atoms with van der Waals surface area (Å²) in [6, 6.07) is 13.0. The molecule has 156 valence electrons. The molecule has 4 rings (SSSR count). The fourth-order valence-corrected chi connectivity index (χ4v) is 3.73. The molecule has 0 spiro atoms. The van der Waals surface area contributed by atoms with Gasteiger partial charge < -0.3 is 14.8 Å². The Kier molecular flexibility index (Phi) is 6.18. The first-order chi connectivity index (χ1) is 14.6. The topological polar surface area (TPSA) is 89.1 Å². The molecule has 0 unspecified atom stereocenters. The number of hydrogen-bond acceptors (Lipinski definition) is 5. The lowest BCUT2D eigenvalue weighted by molar-refractivity contribution is 0.0885. The van der Waals surface area contributed by atoms with Crippen molar-refractivity contribution in [1.82, 2.24) is 20.5 Å². The summed E-state index contributed by atoms with van der Waals surface area (Å²) >= 11 is 5.85. The Labute approximate surface area is 179 Å². The number of benzene rings is 1. The number of ether oxygens (including phenoxy) is 2. The molecule has 0 bridgehead atoms.